The van der Waals surface area contributed by atoms with Crippen molar-refractivity contribution in [1.82, 2.24) is 9.97 Å². The van der Waals surface area contributed by atoms with Gasteiger partial charge in [0.2, 0.25) is 0 Å². The van der Waals surface area contributed by atoms with E-state index in [1.807, 2.05) is 0 Å². The Balaban J connectivity index is 1.83. The van der Waals surface area contributed by atoms with E-state index in [1.54, 1.807) is 0 Å². The average molecular weight is 484 g/mol. The van der Waals surface area contributed by atoms with Crippen molar-refractivity contribution in [3.63, 3.8) is 0 Å². The van der Waals surface area contributed by atoms with Crippen LogP contribution in [0.5, 0.6) is 5.75 Å². The lowest BCUT2D eigenvalue weighted by Crippen LogP contribution is -2.16. The molecule has 0 bridgehead atoms. The van der Waals surface area contributed by atoms with Gasteiger partial charge < -0.3 is 14.8 Å². The van der Waals surface area contributed by atoms with Crippen LogP contribution in [0.4, 0.5) is 34.8 Å². The molecular formula is C21H20F4N4O3S. The van der Waals surface area contributed by atoms with Gasteiger partial charge in [-0.15, -0.1) is 0 Å². The Morgan fingerprint density at radius 1 is 1.21 bits per heavy atom. The van der Waals surface area contributed by atoms with Crippen LogP contribution in [-0.2, 0) is 20.6 Å². The van der Waals surface area contributed by atoms with Crippen LogP contribution >= 0.6 is 0 Å². The van der Waals surface area contributed by atoms with E-state index < -0.39 is 27.3 Å². The number of rotatable bonds is 5. The molecule has 1 aromatic heterocycles. The van der Waals surface area contributed by atoms with Crippen molar-refractivity contribution in [1.29, 1.82) is 0 Å². The number of halogens is 4. The van der Waals surface area contributed by atoms with Crippen LogP contribution in [0, 0.1) is 5.82 Å². The number of benzene rings is 2. The van der Waals surface area contributed by atoms with E-state index in [4.69, 9.17) is 9.47 Å². The monoisotopic (exact) mass is 484 g/mol. The second-order valence-electron chi connectivity index (χ2n) is 7.75. The SMILES string of the molecule is CS(C)(=O)=Nc1cc(C(F)(F)F)c2c(Nc3ccc(F)cc3O[C@H]3CCOC3)ncnc2c1. The largest absolute Gasteiger partial charge is 0.486 e. The summed E-state index contributed by atoms with van der Waals surface area (Å²) < 4.78 is 82.7. The van der Waals surface area contributed by atoms with E-state index in [0.717, 1.165) is 24.5 Å². The number of nitrogens with one attached hydrogen (secondary N) is 1. The van der Waals surface area contributed by atoms with Gasteiger partial charge in [0.1, 0.15) is 29.8 Å². The summed E-state index contributed by atoms with van der Waals surface area (Å²) in [6, 6.07) is 5.77. The van der Waals surface area contributed by atoms with Crippen molar-refractivity contribution >= 4 is 37.8 Å². The molecule has 7 nitrogen and oxygen atoms in total. The van der Waals surface area contributed by atoms with Gasteiger partial charge in [-0.3, -0.25) is 0 Å². The van der Waals surface area contributed by atoms with Crippen LogP contribution < -0.4 is 10.1 Å². The Morgan fingerprint density at radius 3 is 2.67 bits per heavy atom. The maximum Gasteiger partial charge on any atom is 0.417 e. The summed E-state index contributed by atoms with van der Waals surface area (Å²) in [5.41, 5.74) is -0.963. The van der Waals surface area contributed by atoms with Crippen molar-refractivity contribution in [2.45, 2.75) is 18.7 Å². The summed E-state index contributed by atoms with van der Waals surface area (Å²) in [6.07, 6.45) is -0.724. The summed E-state index contributed by atoms with van der Waals surface area (Å²) in [5, 5.41) is 2.52. The highest BCUT2D eigenvalue weighted by Gasteiger charge is 2.35. The Labute approximate surface area is 187 Å². The normalized spacial score (nSPS) is 16.7. The Kier molecular flexibility index (Phi) is 6.14. The van der Waals surface area contributed by atoms with Gasteiger partial charge in [-0.2, -0.15) is 17.5 Å². The minimum atomic E-state index is -4.77. The highest BCUT2D eigenvalue weighted by molar-refractivity contribution is 7.92. The standard InChI is InChI=1S/C21H20F4N4O3S/c1-33(2,30)29-13-8-15(21(23,24)25)19-17(9-13)26-11-27-20(19)28-16-4-3-12(22)7-18(16)32-14-5-6-31-10-14/h3-4,7-9,11,14H,5-6,10H2,1-2H3,(H,26,27,28)/t14-/m0/s1. The molecule has 1 aliphatic heterocycles. The van der Waals surface area contributed by atoms with Gasteiger partial charge in [0.05, 0.1) is 41.1 Å². The fourth-order valence-electron chi connectivity index (χ4n) is 3.41. The molecule has 0 aliphatic carbocycles. The first-order chi connectivity index (χ1) is 15.5. The zero-order valence-corrected chi connectivity index (χ0v) is 18.5. The smallest absolute Gasteiger partial charge is 0.417 e. The predicted octanol–water partition coefficient (Wildman–Crippen LogP) is 5.06. The molecule has 12 heteroatoms. The fourth-order valence-corrected chi connectivity index (χ4v) is 4.02. The van der Waals surface area contributed by atoms with E-state index in [2.05, 4.69) is 19.6 Å². The lowest BCUT2D eigenvalue weighted by atomic mass is 10.1. The molecule has 0 unspecified atom stereocenters. The van der Waals surface area contributed by atoms with Crippen LogP contribution in [-0.4, -0.2) is 46.0 Å². The molecule has 2 heterocycles. The number of ether oxygens (including phenoxy) is 2. The second-order valence-corrected chi connectivity index (χ2v) is 10.3. The average Bonchev–Trinajstić information content (AvgIpc) is 3.20. The van der Waals surface area contributed by atoms with Gasteiger partial charge in [0, 0.05) is 34.7 Å². The molecule has 1 fully saturated rings. The maximum atomic E-state index is 14.0. The lowest BCUT2D eigenvalue weighted by molar-refractivity contribution is -0.136. The Bertz CT molecular complexity index is 1310. The zero-order valence-electron chi connectivity index (χ0n) is 17.6. The van der Waals surface area contributed by atoms with E-state index >= 15 is 0 Å². The number of hydrogen-bond donors (Lipinski definition) is 1. The molecule has 1 N–H and O–H groups in total. The first-order valence-corrected chi connectivity index (χ1v) is 12.2. The maximum absolute atomic E-state index is 14.0. The minimum absolute atomic E-state index is 0.0431. The van der Waals surface area contributed by atoms with Gasteiger partial charge in [0.25, 0.3) is 0 Å². The number of aromatic nitrogens is 2. The third-order valence-corrected chi connectivity index (χ3v) is 5.38. The van der Waals surface area contributed by atoms with Gasteiger partial charge in [0.15, 0.2) is 0 Å². The highest BCUT2D eigenvalue weighted by Crippen LogP contribution is 2.41. The van der Waals surface area contributed by atoms with Gasteiger partial charge in [-0.1, -0.05) is 0 Å². The van der Waals surface area contributed by atoms with Gasteiger partial charge in [-0.05, 0) is 24.3 Å². The van der Waals surface area contributed by atoms with E-state index in [9.17, 15) is 21.8 Å². The molecule has 3 aromatic rings. The summed E-state index contributed by atoms with van der Waals surface area (Å²) in [6.45, 7) is 0.832. The quantitative estimate of drug-likeness (QED) is 0.510. The number of fused-ring (bicyclic) bond motifs is 1. The van der Waals surface area contributed by atoms with E-state index in [1.165, 1.54) is 24.6 Å². The third kappa shape index (κ3) is 5.50. The second kappa shape index (κ2) is 8.75. The molecule has 0 amide bonds. The van der Waals surface area contributed by atoms with Crippen molar-refractivity contribution < 1.29 is 31.2 Å². The zero-order chi connectivity index (χ0) is 23.8. The van der Waals surface area contributed by atoms with Crippen LogP contribution in [0.1, 0.15) is 12.0 Å². The molecule has 0 radical (unpaired) electrons. The number of nitrogens with zero attached hydrogens (tertiary/aromatic N) is 3. The van der Waals surface area contributed by atoms with Crippen LogP contribution in [0.25, 0.3) is 10.9 Å². The summed E-state index contributed by atoms with van der Waals surface area (Å²) in [7, 11) is -2.70. The molecule has 2 aromatic carbocycles. The van der Waals surface area contributed by atoms with Crippen LogP contribution in [0.3, 0.4) is 0 Å². The van der Waals surface area contributed by atoms with Crippen molar-refractivity contribution in [2.75, 3.05) is 31.0 Å². The van der Waals surface area contributed by atoms with Gasteiger partial charge in [-0.25, -0.2) is 18.6 Å². The van der Waals surface area contributed by atoms with Crippen LogP contribution in [0.15, 0.2) is 41.0 Å². The Morgan fingerprint density at radius 2 is 2.00 bits per heavy atom. The van der Waals surface area contributed by atoms with E-state index in [-0.39, 0.29) is 39.9 Å². The summed E-state index contributed by atoms with van der Waals surface area (Å²) >= 11 is 0. The summed E-state index contributed by atoms with van der Waals surface area (Å²) in [5.74, 6) is -0.590. The first-order valence-electron chi connectivity index (χ1n) is 9.84. The number of alkyl halides is 3. The molecule has 0 saturated carbocycles. The molecule has 33 heavy (non-hydrogen) atoms. The first kappa shape index (κ1) is 23.2. The van der Waals surface area contributed by atoms with E-state index in [0.29, 0.717) is 19.6 Å². The molecule has 0 spiro atoms. The number of hydrogen-bond acceptors (Lipinski definition) is 7. The predicted molar refractivity (Wildman–Crippen MR) is 116 cm³/mol. The van der Waals surface area contributed by atoms with Crippen molar-refractivity contribution in [3.8, 4) is 5.75 Å². The van der Waals surface area contributed by atoms with Crippen molar-refractivity contribution in [3.05, 3.63) is 48.0 Å². The molecule has 176 valence electrons. The fraction of sp³-hybridized carbons (Fsp3) is 0.333. The van der Waals surface area contributed by atoms with Gasteiger partial charge >= 0.3 is 6.18 Å². The van der Waals surface area contributed by atoms with Crippen molar-refractivity contribution in [2.24, 2.45) is 4.36 Å². The topological polar surface area (TPSA) is 85.7 Å². The Hall–Kier alpha value is -2.99. The molecule has 1 saturated heterocycles. The molecular weight excluding hydrogens is 464 g/mol. The molecule has 1 aliphatic rings. The van der Waals surface area contributed by atoms with Crippen LogP contribution in [0.2, 0.25) is 0 Å². The highest BCUT2D eigenvalue weighted by atomic mass is 32.2. The third-order valence-electron chi connectivity index (χ3n) is 4.73. The number of anilines is 2. The summed E-state index contributed by atoms with van der Waals surface area (Å²) in [4.78, 5) is 7.95. The molecule has 1 atom stereocenters. The lowest BCUT2D eigenvalue weighted by Gasteiger charge is -2.18. The minimum Gasteiger partial charge on any atom is -0.486 e. The molecule has 4 rings (SSSR count).